The van der Waals surface area contributed by atoms with Crippen molar-refractivity contribution in [1.29, 1.82) is 0 Å². The molecule has 1 saturated heterocycles. The molecule has 1 heterocycles. The summed E-state index contributed by atoms with van der Waals surface area (Å²) in [4.78, 5) is 35.6. The Morgan fingerprint density at radius 1 is 1.37 bits per heavy atom. The van der Waals surface area contributed by atoms with Gasteiger partial charge in [-0.1, -0.05) is 6.42 Å². The molecule has 6 nitrogen and oxygen atoms in total. The van der Waals surface area contributed by atoms with Gasteiger partial charge >= 0.3 is 6.03 Å². The number of carbonyl (C=O) groups is 3. The molecule has 1 aliphatic carbocycles. The van der Waals surface area contributed by atoms with Crippen LogP contribution in [0.25, 0.3) is 0 Å². The zero-order valence-electron chi connectivity index (χ0n) is 10.8. The molecule has 0 spiro atoms. The first-order chi connectivity index (χ1) is 9.16. The van der Waals surface area contributed by atoms with Crippen LogP contribution in [0.2, 0.25) is 0 Å². The molecule has 106 valence electrons. The fraction of sp³-hybridized carbons (Fsp3) is 0.750. The van der Waals surface area contributed by atoms with Gasteiger partial charge < -0.3 is 10.6 Å². The van der Waals surface area contributed by atoms with E-state index in [2.05, 4.69) is 10.6 Å². The zero-order valence-corrected chi connectivity index (χ0v) is 11.6. The second-order valence-electron chi connectivity index (χ2n) is 4.87. The minimum absolute atomic E-state index is 0.0319. The molecule has 2 N–H and O–H groups in total. The SMILES string of the molecule is O=C(CSCC(=O)N1CCNC1=O)NCC1CCC1. The third kappa shape index (κ3) is 4.12. The van der Waals surface area contributed by atoms with Gasteiger partial charge in [-0.15, -0.1) is 11.8 Å². The molecule has 7 heteroatoms. The lowest BCUT2D eigenvalue weighted by molar-refractivity contribution is -0.124. The Morgan fingerprint density at radius 2 is 2.16 bits per heavy atom. The minimum atomic E-state index is -0.333. The normalized spacial score (nSPS) is 18.9. The van der Waals surface area contributed by atoms with Crippen LogP contribution in [0.1, 0.15) is 19.3 Å². The van der Waals surface area contributed by atoms with Gasteiger partial charge in [0.15, 0.2) is 0 Å². The average Bonchev–Trinajstić information content (AvgIpc) is 2.73. The van der Waals surface area contributed by atoms with E-state index < -0.39 is 0 Å². The lowest BCUT2D eigenvalue weighted by Crippen LogP contribution is -2.36. The second-order valence-corrected chi connectivity index (χ2v) is 5.86. The smallest absolute Gasteiger partial charge is 0.324 e. The van der Waals surface area contributed by atoms with Crippen molar-refractivity contribution < 1.29 is 14.4 Å². The van der Waals surface area contributed by atoms with Gasteiger partial charge in [-0.25, -0.2) is 4.79 Å². The van der Waals surface area contributed by atoms with Crippen LogP contribution in [0.5, 0.6) is 0 Å². The number of amides is 4. The molecule has 19 heavy (non-hydrogen) atoms. The lowest BCUT2D eigenvalue weighted by atomic mass is 9.85. The number of nitrogens with zero attached hydrogens (tertiary/aromatic N) is 1. The maximum atomic E-state index is 11.7. The van der Waals surface area contributed by atoms with Crippen molar-refractivity contribution in [3.05, 3.63) is 0 Å². The predicted molar refractivity (Wildman–Crippen MR) is 72.8 cm³/mol. The lowest BCUT2D eigenvalue weighted by Gasteiger charge is -2.25. The van der Waals surface area contributed by atoms with Crippen molar-refractivity contribution in [3.63, 3.8) is 0 Å². The van der Waals surface area contributed by atoms with E-state index in [-0.39, 0.29) is 29.4 Å². The van der Waals surface area contributed by atoms with E-state index in [1.165, 1.54) is 35.9 Å². The first-order valence-corrected chi connectivity index (χ1v) is 7.75. The van der Waals surface area contributed by atoms with E-state index in [1.54, 1.807) is 0 Å². The third-order valence-electron chi connectivity index (χ3n) is 3.43. The fourth-order valence-electron chi connectivity index (χ4n) is 2.02. The molecular weight excluding hydrogens is 266 g/mol. The van der Waals surface area contributed by atoms with Crippen molar-refractivity contribution in [3.8, 4) is 0 Å². The second kappa shape index (κ2) is 6.79. The van der Waals surface area contributed by atoms with Gasteiger partial charge in [0.05, 0.1) is 11.5 Å². The maximum absolute atomic E-state index is 11.7. The number of hydrogen-bond acceptors (Lipinski definition) is 4. The molecule has 0 atom stereocenters. The first kappa shape index (κ1) is 14.2. The van der Waals surface area contributed by atoms with Crippen LogP contribution in [0.3, 0.4) is 0 Å². The van der Waals surface area contributed by atoms with Gasteiger partial charge in [0.1, 0.15) is 0 Å². The van der Waals surface area contributed by atoms with Crippen LogP contribution in [0, 0.1) is 5.92 Å². The summed E-state index contributed by atoms with van der Waals surface area (Å²) >= 11 is 1.25. The molecule has 2 fully saturated rings. The monoisotopic (exact) mass is 285 g/mol. The van der Waals surface area contributed by atoms with Crippen molar-refractivity contribution in [2.75, 3.05) is 31.1 Å². The molecule has 0 unspecified atom stereocenters. The Bertz CT molecular complexity index is 371. The predicted octanol–water partition coefficient (Wildman–Crippen LogP) is 0.188. The van der Waals surface area contributed by atoms with Crippen molar-refractivity contribution in [2.45, 2.75) is 19.3 Å². The standard InChI is InChI=1S/C12H19N3O3S/c16-10(14-6-9-2-1-3-9)7-19-8-11(17)15-5-4-13-12(15)18/h9H,1-8H2,(H,13,18)(H,14,16). The third-order valence-corrected chi connectivity index (χ3v) is 4.35. The van der Waals surface area contributed by atoms with E-state index >= 15 is 0 Å². The molecule has 0 aromatic heterocycles. The number of rotatable bonds is 6. The number of carbonyl (C=O) groups excluding carboxylic acids is 3. The highest BCUT2D eigenvalue weighted by molar-refractivity contribution is 8.00. The van der Waals surface area contributed by atoms with Crippen LogP contribution >= 0.6 is 11.8 Å². The molecule has 2 aliphatic rings. The highest BCUT2D eigenvalue weighted by Crippen LogP contribution is 2.25. The number of hydrogen-bond donors (Lipinski definition) is 2. The number of imide groups is 1. The Labute approximate surface area is 116 Å². The molecule has 2 rings (SSSR count). The molecular formula is C12H19N3O3S. The van der Waals surface area contributed by atoms with Gasteiger partial charge in [0, 0.05) is 19.6 Å². The number of urea groups is 1. The zero-order chi connectivity index (χ0) is 13.7. The van der Waals surface area contributed by atoms with E-state index in [0.717, 1.165) is 6.54 Å². The summed E-state index contributed by atoms with van der Waals surface area (Å²) in [6.07, 6.45) is 3.67. The van der Waals surface area contributed by atoms with Gasteiger partial charge in [0.25, 0.3) is 0 Å². The summed E-state index contributed by atoms with van der Waals surface area (Å²) in [6, 6.07) is -0.333. The summed E-state index contributed by atoms with van der Waals surface area (Å²) in [6.45, 7) is 1.69. The fourth-order valence-corrected chi connectivity index (χ4v) is 2.74. The van der Waals surface area contributed by atoms with Crippen molar-refractivity contribution in [1.82, 2.24) is 15.5 Å². The van der Waals surface area contributed by atoms with E-state index in [0.29, 0.717) is 19.0 Å². The molecule has 0 aromatic carbocycles. The summed E-state index contributed by atoms with van der Waals surface area (Å²) in [5, 5.41) is 5.45. The highest BCUT2D eigenvalue weighted by Gasteiger charge is 2.25. The quantitative estimate of drug-likeness (QED) is 0.730. The molecule has 4 amide bonds. The summed E-state index contributed by atoms with van der Waals surface area (Å²) < 4.78 is 0. The first-order valence-electron chi connectivity index (χ1n) is 6.59. The van der Waals surface area contributed by atoms with Crippen LogP contribution in [0.4, 0.5) is 4.79 Å². The van der Waals surface area contributed by atoms with Gasteiger partial charge in [-0.2, -0.15) is 0 Å². The largest absolute Gasteiger partial charge is 0.355 e. The van der Waals surface area contributed by atoms with E-state index in [1.807, 2.05) is 0 Å². The van der Waals surface area contributed by atoms with Crippen LogP contribution in [-0.4, -0.2) is 53.9 Å². The molecule has 0 radical (unpaired) electrons. The topological polar surface area (TPSA) is 78.5 Å². The van der Waals surface area contributed by atoms with Gasteiger partial charge in [-0.3, -0.25) is 14.5 Å². The minimum Gasteiger partial charge on any atom is -0.355 e. The Balaban J connectivity index is 1.56. The molecule has 0 aromatic rings. The number of nitrogens with one attached hydrogen (secondary N) is 2. The maximum Gasteiger partial charge on any atom is 0.324 e. The van der Waals surface area contributed by atoms with Crippen molar-refractivity contribution in [2.24, 2.45) is 5.92 Å². The van der Waals surface area contributed by atoms with E-state index in [9.17, 15) is 14.4 Å². The number of thioether (sulfide) groups is 1. The van der Waals surface area contributed by atoms with Crippen LogP contribution in [0.15, 0.2) is 0 Å². The summed E-state index contributed by atoms with van der Waals surface area (Å²) in [5.74, 6) is 0.823. The Hall–Kier alpha value is -1.24. The summed E-state index contributed by atoms with van der Waals surface area (Å²) in [7, 11) is 0. The Kier molecular flexibility index (Phi) is 5.07. The van der Waals surface area contributed by atoms with Gasteiger partial charge in [0.2, 0.25) is 11.8 Å². The van der Waals surface area contributed by atoms with Crippen molar-refractivity contribution >= 4 is 29.6 Å². The van der Waals surface area contributed by atoms with Gasteiger partial charge in [-0.05, 0) is 18.8 Å². The highest BCUT2D eigenvalue weighted by atomic mass is 32.2. The van der Waals surface area contributed by atoms with Crippen LogP contribution in [-0.2, 0) is 9.59 Å². The molecule has 1 saturated carbocycles. The molecule has 1 aliphatic heterocycles. The molecule has 0 bridgehead atoms. The average molecular weight is 285 g/mol. The summed E-state index contributed by atoms with van der Waals surface area (Å²) in [5.41, 5.74) is 0. The van der Waals surface area contributed by atoms with E-state index in [4.69, 9.17) is 0 Å². The van der Waals surface area contributed by atoms with Crippen LogP contribution < -0.4 is 10.6 Å². The Morgan fingerprint density at radius 3 is 2.74 bits per heavy atom.